The van der Waals surface area contributed by atoms with E-state index in [0.29, 0.717) is 0 Å². The Morgan fingerprint density at radius 3 is 2.31 bits per heavy atom. The number of likely N-dealkylation sites (N-methyl/N-ethyl adjacent to an activating group) is 1. The van der Waals surface area contributed by atoms with Crippen LogP contribution in [0, 0.1) is 11.8 Å². The highest BCUT2D eigenvalue weighted by Gasteiger charge is 2.69. The molecule has 32 heavy (non-hydrogen) atoms. The van der Waals surface area contributed by atoms with Gasteiger partial charge in [-0.25, -0.2) is 0 Å². The van der Waals surface area contributed by atoms with Crippen molar-refractivity contribution in [2.45, 2.75) is 37.2 Å². The number of carbonyl (C=O) groups excluding carboxylic acids is 3. The van der Waals surface area contributed by atoms with E-state index in [2.05, 4.69) is 5.32 Å². The lowest BCUT2D eigenvalue weighted by molar-refractivity contribution is -0.176. The van der Waals surface area contributed by atoms with E-state index in [4.69, 9.17) is 0 Å². The van der Waals surface area contributed by atoms with Gasteiger partial charge in [-0.3, -0.25) is 14.4 Å². The monoisotopic (exact) mass is 445 g/mol. The van der Waals surface area contributed by atoms with Crippen molar-refractivity contribution in [1.82, 2.24) is 5.32 Å². The van der Waals surface area contributed by atoms with Gasteiger partial charge in [0.1, 0.15) is 22.8 Å². The van der Waals surface area contributed by atoms with Crippen molar-refractivity contribution >= 4 is 23.1 Å². The van der Waals surface area contributed by atoms with Crippen molar-refractivity contribution in [2.75, 3.05) is 7.05 Å². The number of rotatable bonds is 2. The van der Waals surface area contributed by atoms with Gasteiger partial charge in [-0.1, -0.05) is 12.1 Å². The molecule has 4 unspecified atom stereocenters. The Bertz CT molecular complexity index is 1150. The molecule has 4 rings (SSSR count). The fourth-order valence-corrected chi connectivity index (χ4v) is 5.49. The first-order valence-corrected chi connectivity index (χ1v) is 9.93. The molecule has 0 aromatic heterocycles. The number of phenols is 1. The zero-order valence-corrected chi connectivity index (χ0v) is 17.4. The molecule has 0 spiro atoms. The van der Waals surface area contributed by atoms with Crippen LogP contribution in [0.5, 0.6) is 5.75 Å². The van der Waals surface area contributed by atoms with E-state index in [1.165, 1.54) is 32.2 Å². The number of carbonyl (C=O) groups is 3. The number of aliphatic hydroxyl groups excluding tert-OH is 3. The Morgan fingerprint density at radius 1 is 1.12 bits per heavy atom. The zero-order chi connectivity index (χ0) is 23.9. The van der Waals surface area contributed by atoms with E-state index in [1.807, 2.05) is 0 Å². The van der Waals surface area contributed by atoms with Crippen LogP contribution in [-0.4, -0.2) is 72.8 Å². The van der Waals surface area contributed by atoms with Gasteiger partial charge in [0.05, 0.1) is 40.7 Å². The number of fused-ring (bicyclic) bond motifs is 3. The standard InChI is InChI=1S/C22H23NO9/c1-7(24)10-17(27)15(23-3)14-18(28)13-12(20(30)22(14,32)19(10)29)16(26)11-8(21(13,2)31)5-4-6-9(11)25/h4-6,13-15,18,23,25-26,28-29,31-32H,1-3H3/t13?,14?,15-,18?,21?,22+/m0/s1. The first kappa shape index (κ1) is 22.2. The number of aromatic hydroxyl groups is 1. The predicted octanol–water partition coefficient (Wildman–Crippen LogP) is -0.639. The third-order valence-corrected chi connectivity index (χ3v) is 6.93. The molecule has 1 aromatic rings. The summed E-state index contributed by atoms with van der Waals surface area (Å²) in [5.41, 5.74) is -6.64. The molecular weight excluding hydrogens is 422 g/mol. The average molecular weight is 445 g/mol. The molecule has 10 heteroatoms. The number of hydrogen-bond donors (Lipinski definition) is 7. The molecule has 170 valence electrons. The van der Waals surface area contributed by atoms with Crippen LogP contribution in [0.4, 0.5) is 0 Å². The van der Waals surface area contributed by atoms with Crippen LogP contribution < -0.4 is 5.32 Å². The van der Waals surface area contributed by atoms with Gasteiger partial charge < -0.3 is 36.0 Å². The van der Waals surface area contributed by atoms with Crippen molar-refractivity contribution < 1.29 is 45.0 Å². The molecule has 3 aliphatic rings. The van der Waals surface area contributed by atoms with Crippen LogP contribution in [0.2, 0.25) is 0 Å². The quantitative estimate of drug-likeness (QED) is 0.289. The maximum Gasteiger partial charge on any atom is 0.202 e. The molecule has 0 heterocycles. The first-order chi connectivity index (χ1) is 14.8. The highest BCUT2D eigenvalue weighted by atomic mass is 16.4. The van der Waals surface area contributed by atoms with Gasteiger partial charge in [0.2, 0.25) is 5.78 Å². The fraction of sp³-hybridized carbons (Fsp3) is 0.409. The third-order valence-electron chi connectivity index (χ3n) is 6.93. The van der Waals surface area contributed by atoms with Gasteiger partial charge in [-0.15, -0.1) is 0 Å². The Hall–Kier alpha value is -3.05. The maximum absolute atomic E-state index is 13.6. The smallest absolute Gasteiger partial charge is 0.202 e. The summed E-state index contributed by atoms with van der Waals surface area (Å²) in [6.07, 6.45) is -1.84. The van der Waals surface area contributed by atoms with Crippen molar-refractivity contribution in [2.24, 2.45) is 11.8 Å². The van der Waals surface area contributed by atoms with Crippen molar-refractivity contribution in [3.8, 4) is 5.75 Å². The summed E-state index contributed by atoms with van der Waals surface area (Å²) in [5.74, 6) is -8.82. The second-order valence-electron chi connectivity index (χ2n) is 8.61. The minimum Gasteiger partial charge on any atom is -0.508 e. The summed E-state index contributed by atoms with van der Waals surface area (Å²) in [5, 5.41) is 68.6. The summed E-state index contributed by atoms with van der Waals surface area (Å²) in [6.45, 7) is 2.24. The SMILES string of the molecule is CN[C@@H]1C(=O)C(C(C)=O)=C(O)[C@@]2(O)C(=O)C3=C(O)c4c(O)cccc4C(C)(O)C3C(O)C12. The van der Waals surface area contributed by atoms with Crippen molar-refractivity contribution in [3.63, 3.8) is 0 Å². The predicted molar refractivity (Wildman–Crippen MR) is 108 cm³/mol. The molecule has 7 N–H and O–H groups in total. The van der Waals surface area contributed by atoms with Crippen LogP contribution in [0.3, 0.4) is 0 Å². The van der Waals surface area contributed by atoms with Crippen LogP contribution in [0.1, 0.15) is 25.0 Å². The molecule has 3 aliphatic carbocycles. The summed E-state index contributed by atoms with van der Waals surface area (Å²) < 4.78 is 0. The van der Waals surface area contributed by atoms with Crippen LogP contribution in [0.25, 0.3) is 5.76 Å². The Labute approximate surface area is 182 Å². The number of nitrogens with one attached hydrogen (secondary N) is 1. The highest BCUT2D eigenvalue weighted by Crippen LogP contribution is 2.56. The summed E-state index contributed by atoms with van der Waals surface area (Å²) in [6, 6.07) is 2.56. The molecule has 1 saturated carbocycles. The second kappa shape index (κ2) is 6.72. The molecule has 0 amide bonds. The minimum atomic E-state index is -2.94. The lowest BCUT2D eigenvalue weighted by Gasteiger charge is -2.54. The lowest BCUT2D eigenvalue weighted by atomic mass is 9.53. The molecule has 10 nitrogen and oxygen atoms in total. The van der Waals surface area contributed by atoms with E-state index in [9.17, 15) is 45.0 Å². The molecule has 0 bridgehead atoms. The number of aliphatic hydroxyl groups is 5. The van der Waals surface area contributed by atoms with E-state index in [0.717, 1.165) is 6.92 Å². The Morgan fingerprint density at radius 2 is 1.75 bits per heavy atom. The highest BCUT2D eigenvalue weighted by molar-refractivity contribution is 6.25. The molecule has 1 aromatic carbocycles. The Kier molecular flexibility index (Phi) is 4.65. The van der Waals surface area contributed by atoms with Gasteiger partial charge in [0, 0.05) is 0 Å². The lowest BCUT2D eigenvalue weighted by Crippen LogP contribution is -2.71. The number of phenolic OH excluding ortho intramolecular Hbond substituents is 1. The van der Waals surface area contributed by atoms with E-state index < -0.39 is 80.9 Å². The first-order valence-electron chi connectivity index (χ1n) is 9.93. The van der Waals surface area contributed by atoms with Gasteiger partial charge in [-0.05, 0) is 32.5 Å². The van der Waals surface area contributed by atoms with Crippen molar-refractivity contribution in [3.05, 3.63) is 46.2 Å². The minimum absolute atomic E-state index is 0.0216. The zero-order valence-electron chi connectivity index (χ0n) is 17.4. The maximum atomic E-state index is 13.6. The van der Waals surface area contributed by atoms with Gasteiger partial charge in [-0.2, -0.15) is 0 Å². The van der Waals surface area contributed by atoms with Crippen molar-refractivity contribution in [1.29, 1.82) is 0 Å². The summed E-state index contributed by atoms with van der Waals surface area (Å²) >= 11 is 0. The fourth-order valence-electron chi connectivity index (χ4n) is 5.49. The number of ketones is 3. The summed E-state index contributed by atoms with van der Waals surface area (Å²) in [7, 11) is 1.31. The molecule has 0 saturated heterocycles. The van der Waals surface area contributed by atoms with Crippen LogP contribution >= 0.6 is 0 Å². The second-order valence-corrected chi connectivity index (χ2v) is 8.61. The average Bonchev–Trinajstić information content (AvgIpc) is 2.70. The van der Waals surface area contributed by atoms with E-state index >= 15 is 0 Å². The molecular formula is C22H23NO9. The normalized spacial score (nSPS) is 36.6. The number of benzene rings is 1. The van der Waals surface area contributed by atoms with Gasteiger partial charge >= 0.3 is 0 Å². The van der Waals surface area contributed by atoms with Gasteiger partial charge in [0.15, 0.2) is 17.2 Å². The Balaban J connectivity index is 2.09. The van der Waals surface area contributed by atoms with E-state index in [1.54, 1.807) is 0 Å². The number of hydrogen-bond acceptors (Lipinski definition) is 10. The molecule has 1 fully saturated rings. The topological polar surface area (TPSA) is 185 Å². The van der Waals surface area contributed by atoms with Crippen LogP contribution in [0.15, 0.2) is 35.1 Å². The van der Waals surface area contributed by atoms with E-state index in [-0.39, 0.29) is 11.1 Å². The van der Waals surface area contributed by atoms with Gasteiger partial charge in [0.25, 0.3) is 0 Å². The summed E-state index contributed by atoms with van der Waals surface area (Å²) in [4.78, 5) is 38.6. The molecule has 6 atom stereocenters. The molecule has 0 radical (unpaired) electrons. The van der Waals surface area contributed by atoms with Crippen LogP contribution in [-0.2, 0) is 20.0 Å². The molecule has 0 aliphatic heterocycles. The third kappa shape index (κ3) is 2.40. The largest absolute Gasteiger partial charge is 0.508 e. The number of Topliss-reactive ketones (excluding diaryl/α,β-unsaturated/α-hetero) is 3.